The van der Waals surface area contributed by atoms with Gasteiger partial charge >= 0.3 is 0 Å². The van der Waals surface area contributed by atoms with Gasteiger partial charge in [0.05, 0.1) is 17.6 Å². The maximum atomic E-state index is 12.9. The molecule has 1 aromatic heterocycles. The number of imidazole rings is 1. The Labute approximate surface area is 205 Å². The van der Waals surface area contributed by atoms with E-state index in [2.05, 4.69) is 11.5 Å². The molecule has 0 bridgehead atoms. The van der Waals surface area contributed by atoms with Gasteiger partial charge in [0.1, 0.15) is 24.3 Å². The number of aryl methyl sites for hydroxylation is 2. The Hall–Kier alpha value is -3.64. The maximum Gasteiger partial charge on any atom is 0.227 e. The summed E-state index contributed by atoms with van der Waals surface area (Å²) in [7, 11) is 0. The number of para-hydroxylation sites is 2. The SMILES string of the molecule is CCc1ccc(OCC(O)Cn2c(C3CC(=O)N(c4ccc(C)cc4)C3)nc3ccccc32)cc1. The molecule has 1 saturated heterocycles. The van der Waals surface area contributed by atoms with Crippen molar-refractivity contribution in [3.05, 3.63) is 89.7 Å². The van der Waals surface area contributed by atoms with Crippen molar-refractivity contribution in [3.8, 4) is 5.75 Å². The zero-order valence-electron chi connectivity index (χ0n) is 20.2. The van der Waals surface area contributed by atoms with Gasteiger partial charge in [-0.2, -0.15) is 0 Å². The number of anilines is 1. The summed E-state index contributed by atoms with van der Waals surface area (Å²) in [4.78, 5) is 19.7. The summed E-state index contributed by atoms with van der Waals surface area (Å²) in [5, 5.41) is 10.9. The molecule has 0 spiro atoms. The number of hydrogen-bond donors (Lipinski definition) is 1. The minimum absolute atomic E-state index is 0.0501. The third kappa shape index (κ3) is 4.93. The van der Waals surface area contributed by atoms with Crippen LogP contribution in [0.15, 0.2) is 72.8 Å². The van der Waals surface area contributed by atoms with Crippen LogP contribution in [0.25, 0.3) is 11.0 Å². The molecule has 1 aliphatic rings. The fraction of sp³-hybridized carbons (Fsp3) is 0.310. The minimum Gasteiger partial charge on any atom is -0.491 e. The van der Waals surface area contributed by atoms with Crippen molar-refractivity contribution in [2.75, 3.05) is 18.1 Å². The van der Waals surface area contributed by atoms with Crippen LogP contribution in [-0.2, 0) is 17.8 Å². The van der Waals surface area contributed by atoms with E-state index in [0.717, 1.165) is 40.3 Å². The molecule has 1 N–H and O–H groups in total. The molecule has 0 aliphatic carbocycles. The second-order valence-electron chi connectivity index (χ2n) is 9.27. The van der Waals surface area contributed by atoms with Crippen LogP contribution in [0.2, 0.25) is 0 Å². The van der Waals surface area contributed by atoms with E-state index >= 15 is 0 Å². The third-order valence-corrected chi connectivity index (χ3v) is 6.69. The first-order chi connectivity index (χ1) is 17.0. The lowest BCUT2D eigenvalue weighted by atomic mass is 10.1. The van der Waals surface area contributed by atoms with Gasteiger partial charge in [-0.1, -0.05) is 48.9 Å². The minimum atomic E-state index is -0.720. The van der Waals surface area contributed by atoms with E-state index in [9.17, 15) is 9.90 Å². The topological polar surface area (TPSA) is 67.6 Å². The third-order valence-electron chi connectivity index (χ3n) is 6.69. The number of aromatic nitrogens is 2. The Morgan fingerprint density at radius 3 is 2.54 bits per heavy atom. The number of amides is 1. The molecular weight excluding hydrogens is 438 g/mol. The van der Waals surface area contributed by atoms with Crippen molar-refractivity contribution in [2.45, 2.75) is 45.3 Å². The number of fused-ring (bicyclic) bond motifs is 1. The van der Waals surface area contributed by atoms with Crippen molar-refractivity contribution < 1.29 is 14.6 Å². The normalized spacial score (nSPS) is 16.7. The van der Waals surface area contributed by atoms with Crippen LogP contribution in [0, 0.1) is 6.92 Å². The Morgan fingerprint density at radius 1 is 1.06 bits per heavy atom. The second-order valence-corrected chi connectivity index (χ2v) is 9.27. The number of hydrogen-bond acceptors (Lipinski definition) is 4. The number of rotatable bonds is 8. The molecule has 5 rings (SSSR count). The first-order valence-corrected chi connectivity index (χ1v) is 12.2. The van der Waals surface area contributed by atoms with Crippen molar-refractivity contribution in [2.24, 2.45) is 0 Å². The quantitative estimate of drug-likeness (QED) is 0.400. The molecule has 0 saturated carbocycles. The number of carbonyl (C=O) groups is 1. The predicted octanol–water partition coefficient (Wildman–Crippen LogP) is 4.87. The van der Waals surface area contributed by atoms with E-state index in [1.165, 1.54) is 5.56 Å². The molecule has 2 atom stereocenters. The van der Waals surface area contributed by atoms with Crippen LogP contribution in [0.4, 0.5) is 5.69 Å². The van der Waals surface area contributed by atoms with E-state index in [0.29, 0.717) is 19.5 Å². The molecule has 2 heterocycles. The molecule has 3 aromatic carbocycles. The van der Waals surface area contributed by atoms with Crippen LogP contribution in [0.1, 0.15) is 36.2 Å². The van der Waals surface area contributed by atoms with Crippen LogP contribution >= 0.6 is 0 Å². The highest BCUT2D eigenvalue weighted by Crippen LogP contribution is 2.33. The van der Waals surface area contributed by atoms with Crippen LogP contribution < -0.4 is 9.64 Å². The number of ether oxygens (including phenoxy) is 1. The Balaban J connectivity index is 1.35. The van der Waals surface area contributed by atoms with Crippen molar-refractivity contribution >= 4 is 22.6 Å². The summed E-state index contributed by atoms with van der Waals surface area (Å²) in [6.07, 6.45) is 0.653. The number of benzene rings is 3. The highest BCUT2D eigenvalue weighted by atomic mass is 16.5. The van der Waals surface area contributed by atoms with Gasteiger partial charge in [-0.25, -0.2) is 4.98 Å². The Kier molecular flexibility index (Phi) is 6.55. The fourth-order valence-electron chi connectivity index (χ4n) is 4.73. The predicted molar refractivity (Wildman–Crippen MR) is 138 cm³/mol. The molecule has 35 heavy (non-hydrogen) atoms. The molecule has 2 unspecified atom stereocenters. The summed E-state index contributed by atoms with van der Waals surface area (Å²) >= 11 is 0. The zero-order valence-corrected chi connectivity index (χ0v) is 20.2. The van der Waals surface area contributed by atoms with E-state index in [4.69, 9.17) is 9.72 Å². The van der Waals surface area contributed by atoms with Crippen LogP contribution in [0.5, 0.6) is 5.75 Å². The van der Waals surface area contributed by atoms with Gasteiger partial charge in [0.15, 0.2) is 0 Å². The molecule has 1 amide bonds. The first-order valence-electron chi connectivity index (χ1n) is 12.2. The Bertz CT molecular complexity index is 1310. The van der Waals surface area contributed by atoms with Gasteiger partial charge in [-0.05, 0) is 55.3 Å². The largest absolute Gasteiger partial charge is 0.491 e. The highest BCUT2D eigenvalue weighted by Gasteiger charge is 2.35. The van der Waals surface area contributed by atoms with Gasteiger partial charge in [-0.3, -0.25) is 4.79 Å². The summed E-state index contributed by atoms with van der Waals surface area (Å²) in [5.41, 5.74) is 5.14. The van der Waals surface area contributed by atoms with E-state index in [1.807, 2.05) is 84.6 Å². The number of carbonyl (C=O) groups excluding carboxylic acids is 1. The van der Waals surface area contributed by atoms with E-state index in [-0.39, 0.29) is 18.4 Å². The standard InChI is InChI=1S/C29H31N3O3/c1-3-21-10-14-25(15-11-21)35-19-24(33)18-32-27-7-5-4-6-26(27)30-29(32)22-16-28(34)31(17-22)23-12-8-20(2)9-13-23/h4-15,22,24,33H,3,16-19H2,1-2H3. The molecular formula is C29H31N3O3. The number of nitrogens with zero attached hydrogens (tertiary/aromatic N) is 3. The van der Waals surface area contributed by atoms with Gasteiger partial charge in [0, 0.05) is 24.6 Å². The fourth-order valence-corrected chi connectivity index (χ4v) is 4.73. The molecule has 6 nitrogen and oxygen atoms in total. The van der Waals surface area contributed by atoms with Gasteiger partial charge < -0.3 is 19.3 Å². The van der Waals surface area contributed by atoms with Gasteiger partial charge in [0.2, 0.25) is 5.91 Å². The van der Waals surface area contributed by atoms with Crippen molar-refractivity contribution in [3.63, 3.8) is 0 Å². The Morgan fingerprint density at radius 2 is 1.80 bits per heavy atom. The van der Waals surface area contributed by atoms with Gasteiger partial charge in [0.25, 0.3) is 0 Å². The summed E-state index contributed by atoms with van der Waals surface area (Å²) < 4.78 is 7.90. The summed E-state index contributed by atoms with van der Waals surface area (Å²) in [6, 6.07) is 23.9. The summed E-state index contributed by atoms with van der Waals surface area (Å²) in [6.45, 7) is 5.25. The molecule has 4 aromatic rings. The van der Waals surface area contributed by atoms with Crippen molar-refractivity contribution in [1.29, 1.82) is 0 Å². The lowest BCUT2D eigenvalue weighted by Gasteiger charge is -2.19. The molecule has 1 aliphatic heterocycles. The molecule has 0 radical (unpaired) electrons. The van der Waals surface area contributed by atoms with Crippen molar-refractivity contribution in [1.82, 2.24) is 9.55 Å². The first kappa shape index (κ1) is 23.1. The molecule has 6 heteroatoms. The second kappa shape index (κ2) is 9.92. The van der Waals surface area contributed by atoms with Crippen LogP contribution in [-0.4, -0.2) is 39.8 Å². The maximum absolute atomic E-state index is 12.9. The summed E-state index contributed by atoms with van der Waals surface area (Å²) in [5.74, 6) is 1.62. The lowest BCUT2D eigenvalue weighted by molar-refractivity contribution is -0.117. The zero-order chi connectivity index (χ0) is 24.4. The number of aliphatic hydroxyl groups excluding tert-OH is 1. The monoisotopic (exact) mass is 469 g/mol. The number of aliphatic hydroxyl groups is 1. The van der Waals surface area contributed by atoms with E-state index in [1.54, 1.807) is 0 Å². The molecule has 180 valence electrons. The lowest BCUT2D eigenvalue weighted by Crippen LogP contribution is -2.26. The van der Waals surface area contributed by atoms with Gasteiger partial charge in [-0.15, -0.1) is 0 Å². The van der Waals surface area contributed by atoms with Crippen LogP contribution in [0.3, 0.4) is 0 Å². The highest BCUT2D eigenvalue weighted by molar-refractivity contribution is 5.96. The smallest absolute Gasteiger partial charge is 0.227 e. The van der Waals surface area contributed by atoms with E-state index < -0.39 is 6.10 Å². The average molecular weight is 470 g/mol. The average Bonchev–Trinajstić information content (AvgIpc) is 3.44. The molecule has 1 fully saturated rings.